The van der Waals surface area contributed by atoms with Crippen LogP contribution in [0.15, 0.2) is 425 Å². The maximum Gasteiger partial charge on any atom is 1.00 e. The first-order valence-electron chi connectivity index (χ1n) is 48.3. The van der Waals surface area contributed by atoms with Gasteiger partial charge in [-0.1, -0.05) is 283 Å². The minimum absolute atomic E-state index is 0. The second kappa shape index (κ2) is 49.3. The van der Waals surface area contributed by atoms with E-state index in [-0.39, 0.29) is 37.1 Å². The van der Waals surface area contributed by atoms with Gasteiger partial charge >= 0.3 is 45.8 Å². The van der Waals surface area contributed by atoms with Gasteiger partial charge in [-0.2, -0.15) is 0 Å². The van der Waals surface area contributed by atoms with Crippen molar-refractivity contribution in [2.75, 3.05) is 46.2 Å². The van der Waals surface area contributed by atoms with E-state index in [2.05, 4.69) is 365 Å². The number of pyridine rings is 3. The summed E-state index contributed by atoms with van der Waals surface area (Å²) in [4.78, 5) is 24.5. The summed E-state index contributed by atoms with van der Waals surface area (Å²) in [7, 11) is -4.10. The average molecular weight is 1990 g/mol. The number of nitrogens with zero attached hydrogens (tertiary/aromatic N) is 7. The number of fused-ring (bicyclic) bond motifs is 12. The second-order valence-electron chi connectivity index (χ2n) is 33.8. The van der Waals surface area contributed by atoms with Crippen LogP contribution in [-0.4, -0.2) is 85.8 Å². The van der Waals surface area contributed by atoms with Crippen molar-refractivity contribution < 1.29 is 67.7 Å². The van der Waals surface area contributed by atoms with E-state index in [0.29, 0.717) is 38.6 Å². The molecule has 8 heterocycles. The fraction of sp³-hybridized carbons (Fsp3) is 0.129. The van der Waals surface area contributed by atoms with Gasteiger partial charge in [-0.15, -0.1) is 0 Å². The Morgan fingerprint density at radius 1 is 0.315 bits per heavy atom. The number of rotatable bonds is 25. The molecule has 0 atom stereocenters. The molecule has 1 saturated heterocycles. The topological polar surface area (TPSA) is 148 Å². The number of para-hydroxylation sites is 6. The molecule has 23 rings (SSSR count). The molecule has 0 amide bonds. The van der Waals surface area contributed by atoms with Gasteiger partial charge in [0.15, 0.2) is 0 Å². The van der Waals surface area contributed by atoms with Crippen LogP contribution in [0.4, 0.5) is 0 Å². The average Bonchev–Trinajstić information content (AvgIpc) is 1.59. The van der Waals surface area contributed by atoms with Gasteiger partial charge < -0.3 is 47.1 Å². The summed E-state index contributed by atoms with van der Waals surface area (Å²) in [6.07, 6.45) is 13.5. The molecule has 19 heteroatoms. The van der Waals surface area contributed by atoms with Crippen LogP contribution in [-0.2, 0) is 43.4 Å². The summed E-state index contributed by atoms with van der Waals surface area (Å²) in [5.74, 6) is 0. The van der Waals surface area contributed by atoms with Gasteiger partial charge in [0.25, 0.3) is 0 Å². The van der Waals surface area contributed by atoms with Crippen LogP contribution in [0.2, 0.25) is 0 Å². The Labute approximate surface area is 868 Å². The van der Waals surface area contributed by atoms with Crippen LogP contribution in [0.1, 0.15) is 81.5 Å². The Bertz CT molecular complexity index is 7920. The van der Waals surface area contributed by atoms with Crippen molar-refractivity contribution in [3.8, 4) is 78.8 Å². The van der Waals surface area contributed by atoms with Crippen molar-refractivity contribution in [2.24, 2.45) is 0 Å². The fourth-order valence-corrected chi connectivity index (χ4v) is 21.0. The van der Waals surface area contributed by atoms with E-state index < -0.39 is 16.2 Å². The summed E-state index contributed by atoms with van der Waals surface area (Å²) in [6.45, 7) is 14.1. The van der Waals surface area contributed by atoms with Crippen molar-refractivity contribution in [3.05, 3.63) is 453 Å². The Morgan fingerprint density at radius 2 is 0.587 bits per heavy atom. The largest absolute Gasteiger partial charge is 1.00 e. The zero-order valence-corrected chi connectivity index (χ0v) is 86.5. The first kappa shape index (κ1) is 101. The molecule has 22 aromatic rings. The number of benzene rings is 15. The van der Waals surface area contributed by atoms with Gasteiger partial charge in [-0.3, -0.25) is 24.3 Å². The number of ether oxygens (including phenoxy) is 1. The van der Waals surface area contributed by atoms with Crippen molar-refractivity contribution in [2.45, 2.75) is 59.0 Å². The Morgan fingerprint density at radius 3 is 0.881 bits per heavy atom. The molecule has 1 aliphatic heterocycles. The van der Waals surface area contributed by atoms with Gasteiger partial charge in [0.05, 0.1) is 100 Å². The molecule has 0 bridgehead atoms. The Balaban J connectivity index is 0.000000141. The number of carbonyl (C=O) groups excluding carboxylic acids is 1. The molecule has 0 aliphatic carbocycles. The van der Waals surface area contributed by atoms with E-state index in [1.165, 1.54) is 112 Å². The number of aromatic nitrogens is 7. The second-order valence-corrected chi connectivity index (χ2v) is 37.7. The molecule has 0 radical (unpaired) electrons. The monoisotopic (exact) mass is 1990 g/mol. The van der Waals surface area contributed by atoms with E-state index in [1.54, 1.807) is 6.20 Å². The normalized spacial score (nSPS) is 11.8. The molecular formula is C124H111BrN7NaO8P2. The van der Waals surface area contributed by atoms with E-state index >= 15 is 0 Å². The van der Waals surface area contributed by atoms with E-state index in [0.717, 1.165) is 114 Å². The third kappa shape index (κ3) is 23.9. The van der Waals surface area contributed by atoms with Crippen LogP contribution in [0.5, 0.6) is 0 Å². The molecule has 15 nitrogen and oxygen atoms in total. The first-order chi connectivity index (χ1) is 70.0. The number of hydrogen-bond acceptors (Lipinski definition) is 11. The van der Waals surface area contributed by atoms with E-state index in [4.69, 9.17) is 27.4 Å². The molecule has 1 fully saturated rings. The SMILES string of the molecule is BrCc1ccc(-c2ccccn2)cc1.C(=C\c1ccc2c(c1)c1ccccc1n2-c1ccc(-c2ccc(-n3c4ccccc4c4ccccc43)cc2)cc1)/c1ccc(-c2ccccn2)cc1.C1CCOC1.CCOP(=O)(Cc1ccc(-c2ccccn2)cc1)OCC.CCOP(OCC)OCC.O=Cc1ccc2c(c1)c1ccccc1n2-c1ccc(-c2ccc(-n3c4ccccc4c4ccccc43)cc2)cc1.[H-].[Na+]. The van der Waals surface area contributed by atoms with Crippen LogP contribution < -0.4 is 29.6 Å². The predicted molar refractivity (Wildman–Crippen MR) is 595 cm³/mol. The molecule has 0 N–H and O–H groups in total. The minimum Gasteiger partial charge on any atom is -1.00 e. The predicted octanol–water partition coefficient (Wildman–Crippen LogP) is 30.5. The van der Waals surface area contributed by atoms with Crippen molar-refractivity contribution in [1.29, 1.82) is 0 Å². The molecule has 15 aromatic carbocycles. The zero-order valence-electron chi connectivity index (χ0n) is 82.1. The maximum absolute atomic E-state index is 12.5. The molecule has 7 aromatic heterocycles. The molecular weight excluding hydrogens is 1880 g/mol. The molecule has 0 saturated carbocycles. The molecule has 143 heavy (non-hydrogen) atoms. The van der Waals surface area contributed by atoms with Gasteiger partial charge in [0, 0.05) is 125 Å². The Hall–Kier alpha value is -13.7. The van der Waals surface area contributed by atoms with E-state index in [1.807, 2.05) is 150 Å². The van der Waals surface area contributed by atoms with Crippen molar-refractivity contribution in [1.82, 2.24) is 33.2 Å². The smallest absolute Gasteiger partial charge is 1.00 e. The van der Waals surface area contributed by atoms with Gasteiger partial charge in [-0.25, -0.2) is 0 Å². The van der Waals surface area contributed by atoms with Crippen LogP contribution in [0.25, 0.3) is 178 Å². The van der Waals surface area contributed by atoms with Crippen molar-refractivity contribution >= 4 is 138 Å². The summed E-state index contributed by atoms with van der Waals surface area (Å²) in [6, 6.07) is 142. The zero-order chi connectivity index (χ0) is 97.4. The number of hydrogen-bond donors (Lipinski definition) is 0. The third-order valence-corrected chi connectivity index (χ3v) is 28.9. The van der Waals surface area contributed by atoms with Crippen molar-refractivity contribution in [3.63, 3.8) is 0 Å². The summed E-state index contributed by atoms with van der Waals surface area (Å²) >= 11 is 3.42. The van der Waals surface area contributed by atoms with E-state index in [9.17, 15) is 9.36 Å². The Kier molecular flexibility index (Phi) is 34.7. The van der Waals surface area contributed by atoms with Crippen LogP contribution in [0.3, 0.4) is 0 Å². The molecule has 708 valence electrons. The molecule has 0 unspecified atom stereocenters. The first-order valence-corrected chi connectivity index (χ1v) is 52.3. The number of aldehydes is 1. The summed E-state index contributed by atoms with van der Waals surface area (Å²) in [5.41, 5.74) is 30.2. The standard InChI is InChI=1S/C49H33N3.C37H24N2O.C16H20NO3P.C12H10BrN.C6H15O3P.C4H8O.Na.H/c1-4-13-46-41(9-1)42-10-2-5-14-47(42)51(46)39-27-23-36(24-28-39)37-25-29-40(30-26-37)52-48-15-6-3-11-43(48)44-33-35(20-31-49(44)52)17-16-34-18-21-38(22-19-34)45-12-7-8-32-50-45;40-24-25-13-22-37-33(23-25)32-9-3-6-12-36(32)39(37)29-20-16-27(17-21-29)26-14-18-28(19-15-26)38-34-10-4-1-7-30(34)31-8-2-5-11-35(31)38;1-3-19-21(18,20-4-2)13-14-8-10-15(11-9-14)16-7-5-6-12-17-16;13-9-10-4-6-11(7-5-10)12-3-1-2-8-14-12;1-4-7-10(8-5-2)9-6-3;1-2-4-5-3-1;;/h1-33H;1-24H;5-12H,3-4,13H2,1-2H3;1-8H,9H2;4-6H2,1-3H3;1-4H2;;/q;;;;;;+1;-1/b17-16+;;;;;;;. The van der Waals surface area contributed by atoms with Crippen LogP contribution >= 0.6 is 32.1 Å². The fourth-order valence-electron chi connectivity index (χ4n) is 18.1. The number of carbonyl (C=O) groups is 1. The quantitative estimate of drug-likeness (QED) is 0.0177. The van der Waals surface area contributed by atoms with Gasteiger partial charge in [0.2, 0.25) is 0 Å². The van der Waals surface area contributed by atoms with Crippen LogP contribution in [0, 0.1) is 0 Å². The van der Waals surface area contributed by atoms with Gasteiger partial charge in [-0.05, 0) is 244 Å². The summed E-state index contributed by atoms with van der Waals surface area (Å²) in [5, 5.41) is 10.7. The summed E-state index contributed by atoms with van der Waals surface area (Å²) < 4.78 is 52.8. The minimum atomic E-state index is -3.04. The molecule has 0 spiro atoms. The maximum atomic E-state index is 12.5. The number of halogens is 1. The van der Waals surface area contributed by atoms with Gasteiger partial charge in [0.1, 0.15) is 6.29 Å². The molecule has 1 aliphatic rings. The third-order valence-electron chi connectivity index (χ3n) is 24.7. The number of alkyl halides is 1.